The van der Waals surface area contributed by atoms with E-state index in [4.69, 9.17) is 4.74 Å². The average molecular weight is 572 g/mol. The second kappa shape index (κ2) is 14.6. The predicted octanol–water partition coefficient (Wildman–Crippen LogP) is 5.76. The minimum atomic E-state index is -4.09. The van der Waals surface area contributed by atoms with Crippen LogP contribution in [0.4, 0.5) is 5.69 Å². The molecule has 0 saturated carbocycles. The molecule has 1 aliphatic heterocycles. The number of fused-ring (bicyclic) bond motifs is 1. The predicted molar refractivity (Wildman–Crippen MR) is 159 cm³/mol. The first-order valence-electron chi connectivity index (χ1n) is 14.4. The van der Waals surface area contributed by atoms with Crippen molar-refractivity contribution < 1.29 is 22.7 Å². The van der Waals surface area contributed by atoms with Crippen LogP contribution in [0.15, 0.2) is 47.4 Å². The van der Waals surface area contributed by atoms with Crippen molar-refractivity contribution in [2.75, 3.05) is 24.5 Å². The van der Waals surface area contributed by atoms with E-state index in [1.54, 1.807) is 42.2 Å². The number of nitrogens with zero attached hydrogens (tertiary/aromatic N) is 2. The van der Waals surface area contributed by atoms with Gasteiger partial charge in [-0.25, -0.2) is 13.1 Å². The van der Waals surface area contributed by atoms with Gasteiger partial charge in [-0.1, -0.05) is 33.1 Å². The maximum absolute atomic E-state index is 13.2. The molecule has 0 unspecified atom stereocenters. The van der Waals surface area contributed by atoms with E-state index in [1.807, 2.05) is 13.8 Å². The number of hydrogen-bond donors (Lipinski definition) is 1. The minimum absolute atomic E-state index is 0.0223. The molecule has 0 aliphatic carbocycles. The van der Waals surface area contributed by atoms with Crippen LogP contribution in [0.3, 0.4) is 0 Å². The van der Waals surface area contributed by atoms with Crippen molar-refractivity contribution in [3.05, 3.63) is 53.6 Å². The lowest BCUT2D eigenvalue weighted by Crippen LogP contribution is -2.34. The molecule has 3 rings (SSSR count). The number of rotatable bonds is 8. The number of amides is 2. The summed E-state index contributed by atoms with van der Waals surface area (Å²) in [6.45, 7) is 12.8. The Morgan fingerprint density at radius 3 is 2.20 bits per heavy atom. The highest BCUT2D eigenvalue weighted by Gasteiger charge is 2.23. The van der Waals surface area contributed by atoms with Gasteiger partial charge >= 0.3 is 0 Å². The number of ether oxygens (including phenoxy) is 1. The number of nitrogens with one attached hydrogen (secondary N) is 1. The third-order valence-corrected chi connectivity index (χ3v) is 8.37. The smallest absolute Gasteiger partial charge is 0.265 e. The second-order valence-corrected chi connectivity index (χ2v) is 13.0. The average Bonchev–Trinajstić information content (AvgIpc) is 2.87. The maximum Gasteiger partial charge on any atom is 0.265 e. The van der Waals surface area contributed by atoms with Crippen molar-refractivity contribution >= 4 is 27.5 Å². The van der Waals surface area contributed by atoms with Crippen molar-refractivity contribution in [2.24, 2.45) is 5.92 Å². The Balaban J connectivity index is 1.90. The van der Waals surface area contributed by atoms with E-state index in [1.165, 1.54) is 12.1 Å². The van der Waals surface area contributed by atoms with Crippen LogP contribution in [-0.4, -0.2) is 50.9 Å². The molecule has 0 fully saturated rings. The SMILES string of the molecule is CC(=O)N1CCCCCCCN(CCC(C)C)Cc2cc(C(=O)NS(=O)(=O)c3ccc(OC(C)C)cc3)ccc21. The summed E-state index contributed by atoms with van der Waals surface area (Å²) >= 11 is 0. The van der Waals surface area contributed by atoms with Gasteiger partial charge in [-0.3, -0.25) is 14.5 Å². The normalized spacial score (nSPS) is 15.7. The summed E-state index contributed by atoms with van der Waals surface area (Å²) in [5, 5.41) is 0. The monoisotopic (exact) mass is 571 g/mol. The van der Waals surface area contributed by atoms with Gasteiger partial charge in [-0.2, -0.15) is 0 Å². The third-order valence-electron chi connectivity index (χ3n) is 7.02. The van der Waals surface area contributed by atoms with Gasteiger partial charge in [0, 0.05) is 31.3 Å². The number of anilines is 1. The topological polar surface area (TPSA) is 96.0 Å². The van der Waals surface area contributed by atoms with Gasteiger partial charge in [0.2, 0.25) is 5.91 Å². The summed E-state index contributed by atoms with van der Waals surface area (Å²) in [5.74, 6) is 0.358. The Morgan fingerprint density at radius 1 is 0.925 bits per heavy atom. The van der Waals surface area contributed by atoms with E-state index in [-0.39, 0.29) is 22.5 Å². The molecule has 0 radical (unpaired) electrons. The Bertz CT molecular complexity index is 1240. The van der Waals surface area contributed by atoms with E-state index in [0.717, 1.165) is 62.9 Å². The Kier molecular flexibility index (Phi) is 11.6. The standard InChI is InChI=1S/C31H45N3O5S/c1-23(2)17-20-33-18-9-7-6-8-10-19-34(25(5)35)30-16-11-26(21-27(30)22-33)31(36)32-40(37,38)29-14-12-28(13-15-29)39-24(3)4/h11-16,21,23-24H,6-10,17-20,22H2,1-5H3,(H,32,36). The quantitative estimate of drug-likeness (QED) is 0.433. The highest BCUT2D eigenvalue weighted by Crippen LogP contribution is 2.27. The van der Waals surface area contributed by atoms with Crippen LogP contribution >= 0.6 is 0 Å². The molecular formula is C31H45N3O5S. The Labute approximate surface area is 240 Å². The van der Waals surface area contributed by atoms with E-state index >= 15 is 0 Å². The second-order valence-electron chi connectivity index (χ2n) is 11.3. The first-order valence-corrected chi connectivity index (χ1v) is 15.9. The molecule has 0 saturated heterocycles. The lowest BCUT2D eigenvalue weighted by atomic mass is 10.0. The van der Waals surface area contributed by atoms with Crippen LogP contribution < -0.4 is 14.4 Å². The molecule has 1 N–H and O–H groups in total. The van der Waals surface area contributed by atoms with Crippen molar-refractivity contribution in [2.45, 2.75) is 90.7 Å². The van der Waals surface area contributed by atoms with Crippen LogP contribution in [0.2, 0.25) is 0 Å². The molecule has 220 valence electrons. The molecule has 40 heavy (non-hydrogen) atoms. The molecule has 1 heterocycles. The van der Waals surface area contributed by atoms with Crippen molar-refractivity contribution in [3.63, 3.8) is 0 Å². The van der Waals surface area contributed by atoms with Crippen LogP contribution in [0.1, 0.15) is 89.1 Å². The van der Waals surface area contributed by atoms with Crippen LogP contribution in [-0.2, 0) is 21.4 Å². The van der Waals surface area contributed by atoms with E-state index in [0.29, 0.717) is 24.8 Å². The summed E-state index contributed by atoms with van der Waals surface area (Å²) in [6, 6.07) is 11.1. The van der Waals surface area contributed by atoms with Gasteiger partial charge in [-0.05, 0) is 100 Å². The summed E-state index contributed by atoms with van der Waals surface area (Å²) in [5.41, 5.74) is 1.86. The maximum atomic E-state index is 13.2. The van der Waals surface area contributed by atoms with Gasteiger partial charge in [0.1, 0.15) is 5.75 Å². The Morgan fingerprint density at radius 2 is 1.57 bits per heavy atom. The summed E-state index contributed by atoms with van der Waals surface area (Å²) in [4.78, 5) is 30.0. The number of carbonyl (C=O) groups is 2. The first-order chi connectivity index (χ1) is 19.0. The van der Waals surface area contributed by atoms with Crippen molar-refractivity contribution in [1.82, 2.24) is 9.62 Å². The zero-order chi connectivity index (χ0) is 29.3. The molecule has 2 aromatic rings. The van der Waals surface area contributed by atoms with E-state index in [9.17, 15) is 18.0 Å². The summed E-state index contributed by atoms with van der Waals surface area (Å²) in [6.07, 6.45) is 6.38. The van der Waals surface area contributed by atoms with Gasteiger partial charge in [-0.15, -0.1) is 0 Å². The highest BCUT2D eigenvalue weighted by atomic mass is 32.2. The minimum Gasteiger partial charge on any atom is -0.491 e. The van der Waals surface area contributed by atoms with Gasteiger partial charge < -0.3 is 9.64 Å². The number of sulfonamides is 1. The lowest BCUT2D eigenvalue weighted by molar-refractivity contribution is -0.116. The number of benzene rings is 2. The fraction of sp³-hybridized carbons (Fsp3) is 0.548. The van der Waals surface area contributed by atoms with E-state index < -0.39 is 15.9 Å². The summed E-state index contributed by atoms with van der Waals surface area (Å²) < 4.78 is 33.8. The molecule has 0 aromatic heterocycles. The molecular weight excluding hydrogens is 526 g/mol. The van der Waals surface area contributed by atoms with Crippen molar-refractivity contribution in [3.8, 4) is 5.75 Å². The summed E-state index contributed by atoms with van der Waals surface area (Å²) in [7, 11) is -4.09. The first kappa shape index (κ1) is 31.6. The van der Waals surface area contributed by atoms with E-state index in [2.05, 4.69) is 23.5 Å². The Hall–Kier alpha value is -2.91. The molecule has 8 nitrogen and oxygen atoms in total. The number of carbonyl (C=O) groups excluding carboxylic acids is 2. The molecule has 2 aromatic carbocycles. The molecule has 0 atom stereocenters. The van der Waals surface area contributed by atoms with Crippen LogP contribution in [0.5, 0.6) is 5.75 Å². The van der Waals surface area contributed by atoms with Crippen molar-refractivity contribution in [1.29, 1.82) is 0 Å². The molecule has 1 aliphatic rings. The fourth-order valence-electron chi connectivity index (χ4n) is 4.86. The lowest BCUT2D eigenvalue weighted by Gasteiger charge is -2.29. The third kappa shape index (κ3) is 9.34. The fourth-order valence-corrected chi connectivity index (χ4v) is 5.84. The largest absolute Gasteiger partial charge is 0.491 e. The van der Waals surface area contributed by atoms with Crippen LogP contribution in [0.25, 0.3) is 0 Å². The van der Waals surface area contributed by atoms with Gasteiger partial charge in [0.05, 0.1) is 11.0 Å². The van der Waals surface area contributed by atoms with Crippen LogP contribution in [0, 0.1) is 5.92 Å². The number of hydrogen-bond acceptors (Lipinski definition) is 6. The zero-order valence-electron chi connectivity index (χ0n) is 24.6. The molecule has 2 amide bonds. The zero-order valence-corrected chi connectivity index (χ0v) is 25.4. The molecule has 0 spiro atoms. The molecule has 9 heteroatoms. The van der Waals surface area contributed by atoms with Gasteiger partial charge in [0.25, 0.3) is 15.9 Å². The van der Waals surface area contributed by atoms with Gasteiger partial charge in [0.15, 0.2) is 0 Å². The highest BCUT2D eigenvalue weighted by molar-refractivity contribution is 7.90. The molecule has 0 bridgehead atoms.